The number of halogens is 2. The zero-order chi connectivity index (χ0) is 21.3. The van der Waals surface area contributed by atoms with Crippen LogP contribution in [-0.2, 0) is 0 Å². The Labute approximate surface area is 191 Å². The van der Waals surface area contributed by atoms with Crippen LogP contribution in [0.1, 0.15) is 48.1 Å². The molecule has 0 amide bonds. The molecule has 0 spiro atoms. The Bertz CT molecular complexity index is 940. The summed E-state index contributed by atoms with van der Waals surface area (Å²) in [5, 5.41) is 4.12. The minimum atomic E-state index is -0.168. The lowest BCUT2D eigenvalue weighted by molar-refractivity contribution is 0.0976. The molecule has 3 aromatic rings. The molecule has 0 aliphatic carbocycles. The van der Waals surface area contributed by atoms with Gasteiger partial charge in [0.1, 0.15) is 5.75 Å². The van der Waals surface area contributed by atoms with Gasteiger partial charge in [-0.1, -0.05) is 53.0 Å². The van der Waals surface area contributed by atoms with Crippen molar-refractivity contribution in [3.05, 3.63) is 93.4 Å². The van der Waals surface area contributed by atoms with Crippen molar-refractivity contribution in [2.45, 2.75) is 32.2 Å². The third-order valence-corrected chi connectivity index (χ3v) is 5.57. The zero-order valence-corrected chi connectivity index (χ0v) is 19.2. The van der Waals surface area contributed by atoms with Crippen LogP contribution in [0.3, 0.4) is 0 Å². The summed E-state index contributed by atoms with van der Waals surface area (Å²) in [6, 6.07) is 22.8. The molecule has 1 unspecified atom stereocenters. The minimum Gasteiger partial charge on any atom is -0.494 e. The van der Waals surface area contributed by atoms with Crippen molar-refractivity contribution < 1.29 is 9.53 Å². The van der Waals surface area contributed by atoms with Crippen LogP contribution in [-0.4, -0.2) is 12.4 Å². The van der Waals surface area contributed by atoms with Crippen molar-refractivity contribution in [1.29, 1.82) is 0 Å². The van der Waals surface area contributed by atoms with Crippen LogP contribution in [0, 0.1) is 0 Å². The Morgan fingerprint density at radius 1 is 1.00 bits per heavy atom. The van der Waals surface area contributed by atoms with Gasteiger partial charge in [0.25, 0.3) is 0 Å². The van der Waals surface area contributed by atoms with Gasteiger partial charge in [0.2, 0.25) is 0 Å². The number of unbranched alkanes of at least 4 members (excludes halogenated alkanes) is 1. The number of nitrogens with one attached hydrogen (secondary N) is 1. The van der Waals surface area contributed by atoms with E-state index >= 15 is 0 Å². The van der Waals surface area contributed by atoms with Crippen molar-refractivity contribution in [1.82, 2.24) is 0 Å². The van der Waals surface area contributed by atoms with Gasteiger partial charge in [0.05, 0.1) is 12.6 Å². The van der Waals surface area contributed by atoms with Crippen LogP contribution >= 0.6 is 27.5 Å². The van der Waals surface area contributed by atoms with E-state index < -0.39 is 0 Å². The summed E-state index contributed by atoms with van der Waals surface area (Å²) in [5.74, 6) is 0.906. The van der Waals surface area contributed by atoms with E-state index in [0.717, 1.165) is 34.3 Å². The molecule has 3 nitrogen and oxygen atoms in total. The molecule has 3 aromatic carbocycles. The number of anilines is 1. The monoisotopic (exact) mass is 485 g/mol. The van der Waals surface area contributed by atoms with Crippen LogP contribution in [0.2, 0.25) is 5.02 Å². The summed E-state index contributed by atoms with van der Waals surface area (Å²) in [7, 11) is 0. The number of Topliss-reactive ketones (excluding diaryl/α,β-unsaturated/α-hetero) is 1. The summed E-state index contributed by atoms with van der Waals surface area (Å²) in [5.41, 5.74) is 2.64. The van der Waals surface area contributed by atoms with Crippen LogP contribution in [0.15, 0.2) is 77.3 Å². The van der Waals surface area contributed by atoms with E-state index in [1.54, 1.807) is 24.3 Å². The van der Waals surface area contributed by atoms with Crippen molar-refractivity contribution in [2.24, 2.45) is 0 Å². The van der Waals surface area contributed by atoms with E-state index in [9.17, 15) is 4.79 Å². The summed E-state index contributed by atoms with van der Waals surface area (Å²) in [4.78, 5) is 12.9. The molecule has 0 aromatic heterocycles. The number of hydrogen-bond acceptors (Lipinski definition) is 3. The molecule has 0 radical (unpaired) electrons. The second-order valence-corrected chi connectivity index (χ2v) is 8.46. The predicted octanol–water partition coefficient (Wildman–Crippen LogP) is 7.71. The molecule has 0 aliphatic heterocycles. The fraction of sp³-hybridized carbons (Fsp3) is 0.240. The summed E-state index contributed by atoms with van der Waals surface area (Å²) < 4.78 is 6.78. The van der Waals surface area contributed by atoms with Gasteiger partial charge in [0, 0.05) is 27.2 Å². The SMILES string of the molecule is CCCCOc1ccc(C(CC(=O)c2ccc(Cl)cc2)Nc2ccc(Br)cc2)cc1. The van der Waals surface area contributed by atoms with Crippen molar-refractivity contribution in [3.63, 3.8) is 0 Å². The number of hydrogen-bond donors (Lipinski definition) is 1. The first kappa shape index (κ1) is 22.4. The summed E-state index contributed by atoms with van der Waals surface area (Å²) in [6.45, 7) is 2.86. The Balaban J connectivity index is 1.78. The highest BCUT2D eigenvalue weighted by atomic mass is 79.9. The third-order valence-electron chi connectivity index (χ3n) is 4.79. The van der Waals surface area contributed by atoms with Crippen LogP contribution in [0.5, 0.6) is 5.75 Å². The van der Waals surface area contributed by atoms with E-state index in [2.05, 4.69) is 28.2 Å². The molecule has 1 atom stereocenters. The smallest absolute Gasteiger partial charge is 0.165 e. The fourth-order valence-electron chi connectivity index (χ4n) is 3.07. The average Bonchev–Trinajstić information content (AvgIpc) is 2.76. The number of ether oxygens (including phenoxy) is 1. The van der Waals surface area contributed by atoms with Gasteiger partial charge in [0.15, 0.2) is 5.78 Å². The first-order chi connectivity index (χ1) is 14.5. The normalized spacial score (nSPS) is 11.7. The number of rotatable bonds is 10. The molecule has 0 fully saturated rings. The molecule has 1 N–H and O–H groups in total. The number of ketones is 1. The largest absolute Gasteiger partial charge is 0.494 e. The quantitative estimate of drug-likeness (QED) is 0.235. The van der Waals surface area contributed by atoms with Crippen molar-refractivity contribution in [3.8, 4) is 5.75 Å². The Hall–Kier alpha value is -2.30. The molecule has 30 heavy (non-hydrogen) atoms. The molecule has 3 rings (SSSR count). The van der Waals surface area contributed by atoms with Gasteiger partial charge >= 0.3 is 0 Å². The molecule has 0 saturated carbocycles. The first-order valence-corrected chi connectivity index (χ1v) is 11.3. The highest BCUT2D eigenvalue weighted by Gasteiger charge is 2.18. The molecule has 0 bridgehead atoms. The standard InChI is InChI=1S/C25H25BrClNO2/c1-2-3-16-30-23-14-6-18(7-15-23)24(28-22-12-8-20(26)9-13-22)17-25(29)19-4-10-21(27)11-5-19/h4-15,24,28H,2-3,16-17H2,1H3. The topological polar surface area (TPSA) is 38.3 Å². The molecule has 156 valence electrons. The van der Waals surface area contributed by atoms with Gasteiger partial charge < -0.3 is 10.1 Å². The van der Waals surface area contributed by atoms with E-state index in [-0.39, 0.29) is 11.8 Å². The second kappa shape index (κ2) is 11.2. The summed E-state index contributed by atoms with van der Waals surface area (Å²) >= 11 is 9.42. The Kier molecular flexibility index (Phi) is 8.35. The molecule has 0 heterocycles. The zero-order valence-electron chi connectivity index (χ0n) is 16.9. The lowest BCUT2D eigenvalue weighted by Crippen LogP contribution is -2.16. The van der Waals surface area contributed by atoms with Gasteiger partial charge in [-0.2, -0.15) is 0 Å². The lowest BCUT2D eigenvalue weighted by atomic mass is 9.97. The molecule has 5 heteroatoms. The van der Waals surface area contributed by atoms with E-state index in [4.69, 9.17) is 16.3 Å². The van der Waals surface area contributed by atoms with E-state index in [1.807, 2.05) is 48.5 Å². The molecule has 0 saturated heterocycles. The molecular weight excluding hydrogens is 462 g/mol. The maximum Gasteiger partial charge on any atom is 0.165 e. The highest BCUT2D eigenvalue weighted by molar-refractivity contribution is 9.10. The highest BCUT2D eigenvalue weighted by Crippen LogP contribution is 2.27. The summed E-state index contributed by atoms with van der Waals surface area (Å²) in [6.07, 6.45) is 2.46. The minimum absolute atomic E-state index is 0.0598. The number of carbonyl (C=O) groups excluding carboxylic acids is 1. The van der Waals surface area contributed by atoms with E-state index in [0.29, 0.717) is 23.6 Å². The maximum atomic E-state index is 12.9. The van der Waals surface area contributed by atoms with Gasteiger partial charge in [-0.3, -0.25) is 4.79 Å². The maximum absolute atomic E-state index is 12.9. The van der Waals surface area contributed by atoms with Gasteiger partial charge in [-0.25, -0.2) is 0 Å². The third kappa shape index (κ3) is 6.61. The predicted molar refractivity (Wildman–Crippen MR) is 128 cm³/mol. The van der Waals surface area contributed by atoms with Crippen LogP contribution in [0.25, 0.3) is 0 Å². The van der Waals surface area contributed by atoms with Gasteiger partial charge in [-0.15, -0.1) is 0 Å². The molecule has 0 aliphatic rings. The van der Waals surface area contributed by atoms with Crippen molar-refractivity contribution >= 4 is 39.0 Å². The Morgan fingerprint density at radius 2 is 1.67 bits per heavy atom. The van der Waals surface area contributed by atoms with Gasteiger partial charge in [-0.05, 0) is 72.6 Å². The number of carbonyl (C=O) groups is 1. The van der Waals surface area contributed by atoms with Crippen LogP contribution in [0.4, 0.5) is 5.69 Å². The number of benzene rings is 3. The second-order valence-electron chi connectivity index (χ2n) is 7.11. The lowest BCUT2D eigenvalue weighted by Gasteiger charge is -2.21. The molecular formula is C25H25BrClNO2. The van der Waals surface area contributed by atoms with E-state index in [1.165, 1.54) is 0 Å². The first-order valence-electron chi connectivity index (χ1n) is 10.1. The van der Waals surface area contributed by atoms with Crippen LogP contribution < -0.4 is 10.1 Å². The average molecular weight is 487 g/mol. The van der Waals surface area contributed by atoms with Crippen molar-refractivity contribution in [2.75, 3.05) is 11.9 Å². The Morgan fingerprint density at radius 3 is 2.30 bits per heavy atom. The fourth-order valence-corrected chi connectivity index (χ4v) is 3.46.